The Labute approximate surface area is 647 Å². The Morgan fingerprint density at radius 1 is 0.184 bits per heavy atom. The molecule has 10 aromatic carbocycles. The zero-order chi connectivity index (χ0) is 83.8. The predicted molar refractivity (Wildman–Crippen MR) is 412 cm³/mol. The summed E-state index contributed by atoms with van der Waals surface area (Å²) in [5.41, 5.74) is -5.85. The van der Waals surface area contributed by atoms with Crippen LogP contribution in [0.3, 0.4) is 0 Å². The van der Waals surface area contributed by atoms with Crippen molar-refractivity contribution in [3.8, 4) is 44.5 Å². The summed E-state index contributed by atoms with van der Waals surface area (Å²) in [5.74, 6) is 0. The predicted octanol–water partition coefficient (Wildman–Crippen LogP) is 11.2. The van der Waals surface area contributed by atoms with Crippen molar-refractivity contribution in [2.24, 2.45) is 0 Å². The molecule has 0 saturated carbocycles. The van der Waals surface area contributed by atoms with Gasteiger partial charge >= 0.3 is 30.2 Å². The van der Waals surface area contributed by atoms with E-state index in [1.54, 1.807) is 62.4 Å². The summed E-state index contributed by atoms with van der Waals surface area (Å²) >= 11 is 0. The van der Waals surface area contributed by atoms with E-state index in [0.717, 1.165) is 120 Å². The van der Waals surface area contributed by atoms with E-state index < -0.39 is 229 Å². The summed E-state index contributed by atoms with van der Waals surface area (Å²) in [6, 6.07) is 27.6. The Hall–Kier alpha value is -12.2. The van der Waals surface area contributed by atoms with Crippen molar-refractivity contribution >= 4 is 168 Å². The monoisotopic (exact) mass is 1720 g/mol. The molecule has 47 heteroatoms. The number of nitrogens with one attached hydrogen (secondary N) is 10. The van der Waals surface area contributed by atoms with Gasteiger partial charge in [-0.1, -0.05) is 83.9 Å². The molecule has 18 N–H and O–H groups in total. The van der Waals surface area contributed by atoms with Gasteiger partial charge in [-0.25, -0.2) is 24.0 Å². The summed E-state index contributed by atoms with van der Waals surface area (Å²) in [6.45, 7) is 3.60. The number of anilines is 10. The first kappa shape index (κ1) is 84.3. The molecule has 0 aliphatic heterocycles. The van der Waals surface area contributed by atoms with Gasteiger partial charge < -0.3 is 53.2 Å². The number of urea groups is 5. The second-order valence-corrected chi connectivity index (χ2v) is 35.2. The lowest BCUT2D eigenvalue weighted by Gasteiger charge is -2.16. The van der Waals surface area contributed by atoms with Gasteiger partial charge in [0.15, 0.2) is 0 Å². The summed E-state index contributed by atoms with van der Waals surface area (Å²) in [6.07, 6.45) is 0. The van der Waals surface area contributed by atoms with Crippen LogP contribution >= 0.6 is 0 Å². The third-order valence-corrected chi connectivity index (χ3v) is 23.1. The first-order valence-corrected chi connectivity index (χ1v) is 42.8. The van der Waals surface area contributed by atoms with Crippen LogP contribution in [-0.4, -0.2) is 134 Å². The average molecular weight is 1720 g/mol. The highest BCUT2D eigenvalue weighted by molar-refractivity contribution is 7.88. The smallest absolute Gasteiger partial charge is 0.308 e. The SMILES string of the molecule is Cc1ccc(NC(=O)Nc2ccc(-c3ccc(NC(=O)Nc4ccc(-c5ccc(NC(=O)Nc6ccc(-c7ccc(NC(=O)Nc8ccc(-c9ccc(NC(=O)Nc%10ccc(C)cc%10)cc9S(=O)(=O)O)c(S(=O)(=O)O)c8)cc7S(=O)(=O)O)c(S(=O)(=O)O)c6)cc5S(=O)(=O)O)c(S(=O)(=O)O)c4)cc3S(=O)(=O)O)c(S(=O)(=O)O)c2)cc1. The summed E-state index contributed by atoms with van der Waals surface area (Å²) in [5, 5.41) is 22.7. The van der Waals surface area contributed by atoms with Gasteiger partial charge in [0.2, 0.25) is 0 Å². The van der Waals surface area contributed by atoms with Crippen LogP contribution in [0.5, 0.6) is 0 Å². The van der Waals surface area contributed by atoms with Crippen LogP contribution in [0, 0.1) is 13.8 Å². The molecule has 0 unspecified atom stereocenters. The Morgan fingerprint density at radius 3 is 0.404 bits per heavy atom. The molecule has 39 nitrogen and oxygen atoms in total. The Balaban J connectivity index is 0.833. The lowest BCUT2D eigenvalue weighted by molar-refractivity contribution is 0.261. The minimum atomic E-state index is -5.49. The third-order valence-electron chi connectivity index (χ3n) is 15.9. The number of hydrogen-bond acceptors (Lipinski definition) is 21. The number of rotatable bonds is 22. The zero-order valence-electron chi connectivity index (χ0n) is 57.4. The molecule has 114 heavy (non-hydrogen) atoms. The van der Waals surface area contributed by atoms with Crippen LogP contribution < -0.4 is 53.2 Å². The molecule has 0 radical (unpaired) electrons. The Morgan fingerprint density at radius 2 is 0.289 bits per heavy atom. The number of carbonyl (C=O) groups is 5. The minimum Gasteiger partial charge on any atom is -0.308 e. The highest BCUT2D eigenvalue weighted by atomic mass is 32.2. The van der Waals surface area contributed by atoms with Gasteiger partial charge in [-0.2, -0.15) is 67.3 Å². The Kier molecular flexibility index (Phi) is 23.8. The van der Waals surface area contributed by atoms with Gasteiger partial charge in [0.1, 0.15) is 39.2 Å². The third kappa shape index (κ3) is 20.9. The molecule has 0 saturated heterocycles. The van der Waals surface area contributed by atoms with E-state index in [1.165, 1.54) is 0 Å². The van der Waals surface area contributed by atoms with Crippen LogP contribution in [-0.2, 0) is 80.9 Å². The van der Waals surface area contributed by atoms with Crippen molar-refractivity contribution in [2.45, 2.75) is 53.0 Å². The average Bonchev–Trinajstić information content (AvgIpc) is 0.779. The zero-order valence-corrected chi connectivity index (χ0v) is 63.9. The van der Waals surface area contributed by atoms with E-state index in [0.29, 0.717) is 47.8 Å². The van der Waals surface area contributed by atoms with Crippen molar-refractivity contribution in [3.63, 3.8) is 0 Å². The summed E-state index contributed by atoms with van der Waals surface area (Å²) in [4.78, 5) is 57.1. The fourth-order valence-electron chi connectivity index (χ4n) is 11.0. The minimum absolute atomic E-state index is 0.210. The second-order valence-electron chi connectivity index (χ2n) is 24.1. The molecule has 10 rings (SSSR count). The van der Waals surface area contributed by atoms with Gasteiger partial charge in [0, 0.05) is 101 Å². The summed E-state index contributed by atoms with van der Waals surface area (Å²) in [7, 11) is -43.1. The normalized spacial score (nSPS) is 12.2. The van der Waals surface area contributed by atoms with Gasteiger partial charge in [-0.3, -0.25) is 36.4 Å². The summed E-state index contributed by atoms with van der Waals surface area (Å²) < 4.78 is 288. The number of benzene rings is 10. The van der Waals surface area contributed by atoms with Gasteiger partial charge in [-0.15, -0.1) is 0 Å². The molecular formula is C67H56N10O29S8. The van der Waals surface area contributed by atoms with Crippen molar-refractivity contribution in [3.05, 3.63) is 205 Å². The number of hydrogen-bond donors (Lipinski definition) is 18. The van der Waals surface area contributed by atoms with E-state index in [-0.39, 0.29) is 11.4 Å². The van der Waals surface area contributed by atoms with E-state index in [2.05, 4.69) is 53.2 Å². The highest BCUT2D eigenvalue weighted by Crippen LogP contribution is 2.42. The molecule has 0 aliphatic rings. The van der Waals surface area contributed by atoms with Crippen molar-refractivity contribution in [2.75, 3.05) is 53.2 Å². The molecule has 10 aromatic rings. The second kappa shape index (κ2) is 32.1. The van der Waals surface area contributed by atoms with Crippen LogP contribution in [0.4, 0.5) is 80.8 Å². The van der Waals surface area contributed by atoms with E-state index >= 15 is 0 Å². The maximum Gasteiger partial charge on any atom is 0.323 e. The van der Waals surface area contributed by atoms with Gasteiger partial charge in [0.05, 0.1) is 0 Å². The number of aryl methyl sites for hydroxylation is 2. The van der Waals surface area contributed by atoms with Crippen LogP contribution in [0.25, 0.3) is 44.5 Å². The quantitative estimate of drug-likeness (QED) is 0.0280. The maximum absolute atomic E-state index is 13.5. The van der Waals surface area contributed by atoms with Gasteiger partial charge in [0.25, 0.3) is 80.9 Å². The molecule has 10 amide bonds. The fraction of sp³-hybridized carbons (Fsp3) is 0.0299. The van der Waals surface area contributed by atoms with Gasteiger partial charge in [-0.05, 0) is 135 Å². The van der Waals surface area contributed by atoms with Crippen LogP contribution in [0.1, 0.15) is 11.1 Å². The van der Waals surface area contributed by atoms with E-state index in [4.69, 9.17) is 0 Å². The van der Waals surface area contributed by atoms with Crippen molar-refractivity contribution < 1.29 is 128 Å². The molecule has 0 atom stereocenters. The molecule has 596 valence electrons. The molecule has 0 bridgehead atoms. The fourth-order valence-corrected chi connectivity index (χ4v) is 16.9. The van der Waals surface area contributed by atoms with Crippen LogP contribution in [0.15, 0.2) is 233 Å². The number of amides is 10. The van der Waals surface area contributed by atoms with E-state index in [9.17, 15) is 128 Å². The first-order chi connectivity index (χ1) is 52.8. The first-order valence-electron chi connectivity index (χ1n) is 31.3. The van der Waals surface area contributed by atoms with E-state index in [1.807, 2.05) is 0 Å². The number of carbonyl (C=O) groups excluding carboxylic acids is 5. The molecule has 0 aromatic heterocycles. The standard InChI is InChI=1S/C67H56N10O29S8/c1-35-3-7-37(8-4-35)68-63(78)70-39-11-19-47(55(27-39)107(83,84)85)49-21-13-41(29-57(49)109(89,90)91)72-65(80)74-43-15-23-51(59(31-43)111(95,96)97)53-25-17-45(33-61(53)113(101,102)103)76-67(82)77-46-18-26-54(62(34-46)114(104,105)106)52-24-16-44(32-60(52)112(98,99)100)75-66(81)73-42-14-22-50(58(30-42)110(92,93)94)48-20-12-40(28-56(48)108(86,87)88)71-64(79)69-38-9-5-36(2)6-10-38/h3-34H,1-2H3,(H2,68,70,78)(H2,69,71,79)(H2,72,74,80)(H2,73,75,81)(H2,76,77,82)(H,83,84,85)(H,86,87,88)(H,89,90,91)(H,92,93,94)(H,95,96,97)(H,98,99,100)(H,101,102,103)(H,104,105,106). The lowest BCUT2D eigenvalue weighted by atomic mass is 10.0. The molecule has 0 heterocycles. The largest absolute Gasteiger partial charge is 0.323 e. The Bertz CT molecular complexity index is 6280. The maximum atomic E-state index is 13.5. The molecule has 0 aliphatic carbocycles. The topological polar surface area (TPSA) is 641 Å². The molecule has 0 spiro atoms. The molecule has 0 fully saturated rings. The highest BCUT2D eigenvalue weighted by Gasteiger charge is 2.31. The lowest BCUT2D eigenvalue weighted by Crippen LogP contribution is -2.20. The molecular weight excluding hydrogens is 1670 g/mol. The van der Waals surface area contributed by atoms with Crippen molar-refractivity contribution in [1.82, 2.24) is 0 Å². The van der Waals surface area contributed by atoms with Crippen molar-refractivity contribution in [1.29, 1.82) is 0 Å². The van der Waals surface area contributed by atoms with Crippen LogP contribution in [0.2, 0.25) is 0 Å².